The van der Waals surface area contributed by atoms with Gasteiger partial charge >= 0.3 is 0 Å². The largest absolute Gasteiger partial charge is 0.353 e. The van der Waals surface area contributed by atoms with Gasteiger partial charge in [0.1, 0.15) is 0 Å². The molecule has 1 fully saturated rings. The Morgan fingerprint density at radius 1 is 1.23 bits per heavy atom. The Morgan fingerprint density at radius 2 is 1.88 bits per heavy atom. The van der Waals surface area contributed by atoms with Crippen molar-refractivity contribution < 1.29 is 13.2 Å². The number of benzene rings is 1. The van der Waals surface area contributed by atoms with Gasteiger partial charge in [-0.15, -0.1) is 0 Å². The van der Waals surface area contributed by atoms with Gasteiger partial charge in [0.2, 0.25) is 15.9 Å². The van der Waals surface area contributed by atoms with E-state index in [1.807, 2.05) is 37.3 Å². The third-order valence-electron chi connectivity index (χ3n) is 5.04. The monoisotopic (exact) mass is 380 g/mol. The number of nitrogens with zero attached hydrogens (tertiary/aromatic N) is 1. The molecule has 0 unspecified atom stereocenters. The van der Waals surface area contributed by atoms with E-state index in [1.54, 1.807) is 4.31 Å². The van der Waals surface area contributed by atoms with Gasteiger partial charge in [0.05, 0.1) is 5.75 Å². The van der Waals surface area contributed by atoms with E-state index in [0.717, 1.165) is 19.3 Å². The molecule has 1 aromatic rings. The smallest absolute Gasteiger partial charge is 0.223 e. The number of amides is 1. The molecule has 1 aliphatic heterocycles. The van der Waals surface area contributed by atoms with E-state index in [9.17, 15) is 13.2 Å². The van der Waals surface area contributed by atoms with Crippen LogP contribution in [-0.4, -0.2) is 43.5 Å². The van der Waals surface area contributed by atoms with Crippen molar-refractivity contribution in [3.8, 4) is 0 Å². The molecule has 0 radical (unpaired) electrons. The van der Waals surface area contributed by atoms with Crippen LogP contribution in [0.15, 0.2) is 30.3 Å². The fourth-order valence-corrected chi connectivity index (χ4v) is 5.03. The Kier molecular flexibility index (Phi) is 8.10. The summed E-state index contributed by atoms with van der Waals surface area (Å²) >= 11 is 0. The lowest BCUT2D eigenvalue weighted by Crippen LogP contribution is -2.45. The topological polar surface area (TPSA) is 66.5 Å². The zero-order valence-electron chi connectivity index (χ0n) is 16.0. The van der Waals surface area contributed by atoms with Crippen LogP contribution in [0, 0.1) is 5.92 Å². The van der Waals surface area contributed by atoms with Crippen LogP contribution in [0.3, 0.4) is 0 Å². The summed E-state index contributed by atoms with van der Waals surface area (Å²) in [5.41, 5.74) is 1.17. The maximum Gasteiger partial charge on any atom is 0.223 e. The van der Waals surface area contributed by atoms with Crippen LogP contribution in [0.25, 0.3) is 0 Å². The molecule has 0 aromatic heterocycles. The molecule has 0 aliphatic carbocycles. The third-order valence-corrected chi connectivity index (χ3v) is 7.00. The molecule has 5 nitrogen and oxygen atoms in total. The van der Waals surface area contributed by atoms with Gasteiger partial charge in [-0.2, -0.15) is 0 Å². The predicted molar refractivity (Wildman–Crippen MR) is 105 cm³/mol. The molecule has 146 valence electrons. The minimum Gasteiger partial charge on any atom is -0.353 e. The molecule has 0 spiro atoms. The summed E-state index contributed by atoms with van der Waals surface area (Å²) in [4.78, 5) is 12.3. The molecule has 26 heavy (non-hydrogen) atoms. The molecule has 0 bridgehead atoms. The number of piperidine rings is 1. The molecule has 1 N–H and O–H groups in total. The van der Waals surface area contributed by atoms with Crippen LogP contribution in [0.4, 0.5) is 0 Å². The molecule has 1 aliphatic rings. The first kappa shape index (κ1) is 20.9. The Labute approximate surface area is 158 Å². The van der Waals surface area contributed by atoms with Crippen LogP contribution in [0.5, 0.6) is 0 Å². The number of hydrogen-bond donors (Lipinski definition) is 1. The average Bonchev–Trinajstić information content (AvgIpc) is 2.63. The number of carbonyl (C=O) groups excluding carboxylic acids is 1. The number of sulfonamides is 1. The fraction of sp³-hybridized carbons (Fsp3) is 0.650. The van der Waals surface area contributed by atoms with Gasteiger partial charge in [0, 0.05) is 25.0 Å². The van der Waals surface area contributed by atoms with Gasteiger partial charge < -0.3 is 5.32 Å². The maximum absolute atomic E-state index is 12.5. The summed E-state index contributed by atoms with van der Waals surface area (Å²) in [6.07, 6.45) is 4.64. The Hall–Kier alpha value is -1.40. The van der Waals surface area contributed by atoms with Gasteiger partial charge in [-0.3, -0.25) is 4.79 Å². The molecule has 0 saturated carbocycles. The molecule has 2 rings (SSSR count). The fourth-order valence-electron chi connectivity index (χ4n) is 3.49. The van der Waals surface area contributed by atoms with Crippen LogP contribution in [0.1, 0.15) is 51.5 Å². The highest BCUT2D eigenvalue weighted by Crippen LogP contribution is 2.21. The first-order valence-electron chi connectivity index (χ1n) is 9.74. The summed E-state index contributed by atoms with van der Waals surface area (Å²) in [5.74, 6) is 0.184. The van der Waals surface area contributed by atoms with Crippen LogP contribution in [0.2, 0.25) is 0 Å². The second-order valence-corrected chi connectivity index (χ2v) is 9.37. The Balaban J connectivity index is 1.76. The average molecular weight is 381 g/mol. The minimum atomic E-state index is -3.23. The number of nitrogens with one attached hydrogen (secondary N) is 1. The summed E-state index contributed by atoms with van der Waals surface area (Å²) in [6.45, 7) is 5.03. The molecular formula is C20H32N2O3S. The summed E-state index contributed by atoms with van der Waals surface area (Å²) < 4.78 is 26.6. The molecule has 1 aromatic carbocycles. The van der Waals surface area contributed by atoms with Crippen molar-refractivity contribution in [3.63, 3.8) is 0 Å². The highest BCUT2D eigenvalue weighted by Gasteiger charge is 2.31. The summed E-state index contributed by atoms with van der Waals surface area (Å²) in [6, 6.07) is 10.1. The van der Waals surface area contributed by atoms with Crippen molar-refractivity contribution >= 4 is 15.9 Å². The predicted octanol–water partition coefficient (Wildman–Crippen LogP) is 2.97. The molecule has 1 heterocycles. The Morgan fingerprint density at radius 3 is 2.50 bits per heavy atom. The summed E-state index contributed by atoms with van der Waals surface area (Å²) in [7, 11) is -3.23. The van der Waals surface area contributed by atoms with Crippen molar-refractivity contribution in [3.05, 3.63) is 35.9 Å². The molecule has 1 amide bonds. The zero-order valence-corrected chi connectivity index (χ0v) is 16.8. The van der Waals surface area contributed by atoms with E-state index < -0.39 is 10.0 Å². The van der Waals surface area contributed by atoms with E-state index in [4.69, 9.17) is 0 Å². The summed E-state index contributed by atoms with van der Waals surface area (Å²) in [5, 5.41) is 3.05. The van der Waals surface area contributed by atoms with E-state index >= 15 is 0 Å². The van der Waals surface area contributed by atoms with Crippen molar-refractivity contribution in [2.75, 3.05) is 18.8 Å². The molecular weight excluding hydrogens is 348 g/mol. The number of rotatable bonds is 9. The standard InChI is InChI=1S/C20H32N2O3S/c1-3-8-17(2)21-20(23)19-12-14-22(15-13-19)26(24,25)16-7-11-18-9-5-4-6-10-18/h4-6,9-10,17,19H,3,7-8,11-16H2,1-2H3,(H,21,23)/t17-/m0/s1. The van der Waals surface area contributed by atoms with Crippen LogP contribution in [-0.2, 0) is 21.2 Å². The van der Waals surface area contributed by atoms with E-state index in [1.165, 1.54) is 5.56 Å². The van der Waals surface area contributed by atoms with Gasteiger partial charge in [-0.25, -0.2) is 12.7 Å². The lowest BCUT2D eigenvalue weighted by atomic mass is 9.96. The quantitative estimate of drug-likeness (QED) is 0.716. The van der Waals surface area contributed by atoms with Crippen LogP contribution >= 0.6 is 0 Å². The number of hydrogen-bond acceptors (Lipinski definition) is 3. The Bertz CT molecular complexity index is 653. The van der Waals surface area contributed by atoms with Crippen molar-refractivity contribution in [2.24, 2.45) is 5.92 Å². The molecule has 6 heteroatoms. The van der Waals surface area contributed by atoms with Crippen molar-refractivity contribution in [1.82, 2.24) is 9.62 Å². The van der Waals surface area contributed by atoms with Gasteiger partial charge in [0.15, 0.2) is 0 Å². The highest BCUT2D eigenvalue weighted by molar-refractivity contribution is 7.89. The van der Waals surface area contributed by atoms with Crippen molar-refractivity contribution in [2.45, 2.75) is 58.4 Å². The first-order valence-corrected chi connectivity index (χ1v) is 11.4. The SMILES string of the molecule is CCC[C@H](C)NC(=O)C1CCN(S(=O)(=O)CCCc2ccccc2)CC1. The third kappa shape index (κ3) is 6.40. The number of carbonyl (C=O) groups is 1. The van der Waals surface area contributed by atoms with Crippen molar-refractivity contribution in [1.29, 1.82) is 0 Å². The maximum atomic E-state index is 12.5. The lowest BCUT2D eigenvalue weighted by molar-refractivity contribution is -0.126. The lowest BCUT2D eigenvalue weighted by Gasteiger charge is -2.31. The van der Waals surface area contributed by atoms with Crippen LogP contribution < -0.4 is 5.32 Å². The first-order chi connectivity index (χ1) is 12.4. The zero-order chi connectivity index (χ0) is 19.0. The second kappa shape index (κ2) is 10.1. The van der Waals surface area contributed by atoms with E-state index in [0.29, 0.717) is 32.4 Å². The van der Waals surface area contributed by atoms with Gasteiger partial charge in [-0.1, -0.05) is 43.7 Å². The molecule has 1 atom stereocenters. The highest BCUT2D eigenvalue weighted by atomic mass is 32.2. The van der Waals surface area contributed by atoms with Gasteiger partial charge in [0.25, 0.3) is 0 Å². The van der Waals surface area contributed by atoms with E-state index in [-0.39, 0.29) is 23.6 Å². The second-order valence-electron chi connectivity index (χ2n) is 7.28. The van der Waals surface area contributed by atoms with E-state index in [2.05, 4.69) is 12.2 Å². The van der Waals surface area contributed by atoms with Gasteiger partial charge in [-0.05, 0) is 44.6 Å². The number of aryl methyl sites for hydroxylation is 1. The normalized spacial score (nSPS) is 17.8. The minimum absolute atomic E-state index is 0.0647. The molecule has 1 saturated heterocycles.